The zero-order chi connectivity index (χ0) is 14.5. The van der Waals surface area contributed by atoms with Gasteiger partial charge in [-0.15, -0.1) is 0 Å². The van der Waals surface area contributed by atoms with Crippen molar-refractivity contribution in [1.82, 2.24) is 5.32 Å². The average Bonchev–Trinajstić information content (AvgIpc) is 2.38. The van der Waals surface area contributed by atoms with Crippen LogP contribution in [0.25, 0.3) is 0 Å². The summed E-state index contributed by atoms with van der Waals surface area (Å²) in [6, 6.07) is 8.50. The second-order valence-corrected chi connectivity index (χ2v) is 6.40. The zero-order valence-corrected chi connectivity index (χ0v) is 13.3. The molecule has 108 valence electrons. The Morgan fingerprint density at radius 2 is 1.74 bits per heavy atom. The van der Waals surface area contributed by atoms with E-state index in [0.717, 1.165) is 12.3 Å². The molecule has 0 bridgehead atoms. The monoisotopic (exact) mass is 263 g/mol. The molecule has 0 saturated carbocycles. The van der Waals surface area contributed by atoms with Crippen molar-refractivity contribution in [2.75, 3.05) is 13.7 Å². The summed E-state index contributed by atoms with van der Waals surface area (Å²) >= 11 is 0. The minimum Gasteiger partial charge on any atom is -0.497 e. The fraction of sp³-hybridized carbons (Fsp3) is 0.647. The van der Waals surface area contributed by atoms with Gasteiger partial charge in [-0.2, -0.15) is 0 Å². The number of rotatable bonds is 6. The SMILES string of the molecule is CCC(C)C(CNC(C)(C)C)c1ccc(OC)cc1. The summed E-state index contributed by atoms with van der Waals surface area (Å²) in [6.45, 7) is 12.3. The zero-order valence-electron chi connectivity index (χ0n) is 13.3. The molecule has 2 heteroatoms. The third kappa shape index (κ3) is 5.23. The van der Waals surface area contributed by atoms with E-state index in [1.807, 2.05) is 0 Å². The van der Waals surface area contributed by atoms with Crippen LogP contribution in [0.3, 0.4) is 0 Å². The molecule has 1 aromatic rings. The molecule has 0 heterocycles. The Labute approximate surface area is 118 Å². The Kier molecular flexibility index (Phi) is 5.86. The lowest BCUT2D eigenvalue weighted by Gasteiger charge is -2.29. The van der Waals surface area contributed by atoms with Crippen LogP contribution in [0.5, 0.6) is 5.75 Å². The van der Waals surface area contributed by atoms with Gasteiger partial charge in [-0.25, -0.2) is 0 Å². The first-order valence-electron chi connectivity index (χ1n) is 7.26. The van der Waals surface area contributed by atoms with Crippen LogP contribution in [0.1, 0.15) is 52.5 Å². The van der Waals surface area contributed by atoms with Crippen molar-refractivity contribution >= 4 is 0 Å². The number of benzene rings is 1. The Balaban J connectivity index is 2.83. The molecule has 19 heavy (non-hydrogen) atoms. The molecule has 0 spiro atoms. The third-order valence-electron chi connectivity index (χ3n) is 3.73. The molecule has 0 saturated heterocycles. The molecule has 2 atom stereocenters. The van der Waals surface area contributed by atoms with Gasteiger partial charge in [0.15, 0.2) is 0 Å². The number of methoxy groups -OCH3 is 1. The Bertz CT molecular complexity index is 364. The van der Waals surface area contributed by atoms with Crippen molar-refractivity contribution in [2.24, 2.45) is 5.92 Å². The fourth-order valence-corrected chi connectivity index (χ4v) is 2.20. The highest BCUT2D eigenvalue weighted by Gasteiger charge is 2.20. The van der Waals surface area contributed by atoms with E-state index in [0.29, 0.717) is 11.8 Å². The second-order valence-electron chi connectivity index (χ2n) is 6.40. The van der Waals surface area contributed by atoms with Crippen LogP contribution >= 0.6 is 0 Å². The first-order valence-corrected chi connectivity index (χ1v) is 7.26. The van der Waals surface area contributed by atoms with Gasteiger partial charge in [-0.1, -0.05) is 32.4 Å². The predicted molar refractivity (Wildman–Crippen MR) is 82.9 cm³/mol. The highest BCUT2D eigenvalue weighted by molar-refractivity contribution is 5.30. The Hall–Kier alpha value is -1.02. The Morgan fingerprint density at radius 3 is 2.16 bits per heavy atom. The largest absolute Gasteiger partial charge is 0.497 e. The summed E-state index contributed by atoms with van der Waals surface area (Å²) in [6.07, 6.45) is 1.20. The average molecular weight is 263 g/mol. The van der Waals surface area contributed by atoms with Crippen LogP contribution in [0.4, 0.5) is 0 Å². The summed E-state index contributed by atoms with van der Waals surface area (Å²) in [5.41, 5.74) is 1.56. The van der Waals surface area contributed by atoms with Crippen LogP contribution in [0.2, 0.25) is 0 Å². The van der Waals surface area contributed by atoms with Crippen LogP contribution in [0.15, 0.2) is 24.3 Å². The molecular formula is C17H29NO. The molecule has 0 amide bonds. The highest BCUT2D eigenvalue weighted by atomic mass is 16.5. The van der Waals surface area contributed by atoms with E-state index >= 15 is 0 Å². The molecule has 0 aliphatic carbocycles. The lowest BCUT2D eigenvalue weighted by Crippen LogP contribution is -2.39. The second kappa shape index (κ2) is 6.95. The maximum Gasteiger partial charge on any atom is 0.118 e. The highest BCUT2D eigenvalue weighted by Crippen LogP contribution is 2.28. The molecule has 1 rings (SSSR count). The summed E-state index contributed by atoms with van der Waals surface area (Å²) in [4.78, 5) is 0. The summed E-state index contributed by atoms with van der Waals surface area (Å²) in [7, 11) is 1.71. The van der Waals surface area contributed by atoms with E-state index in [4.69, 9.17) is 4.74 Å². The van der Waals surface area contributed by atoms with E-state index in [1.54, 1.807) is 7.11 Å². The summed E-state index contributed by atoms with van der Waals surface area (Å²) < 4.78 is 5.23. The van der Waals surface area contributed by atoms with Gasteiger partial charge in [0.2, 0.25) is 0 Å². The minimum absolute atomic E-state index is 0.165. The molecule has 1 aromatic carbocycles. The van der Waals surface area contributed by atoms with Crippen LogP contribution in [-0.2, 0) is 0 Å². The van der Waals surface area contributed by atoms with E-state index in [1.165, 1.54) is 12.0 Å². The fourth-order valence-electron chi connectivity index (χ4n) is 2.20. The minimum atomic E-state index is 0.165. The number of nitrogens with one attached hydrogen (secondary N) is 1. The van der Waals surface area contributed by atoms with Crippen molar-refractivity contribution in [2.45, 2.75) is 52.5 Å². The van der Waals surface area contributed by atoms with Crippen molar-refractivity contribution in [3.8, 4) is 5.75 Å². The van der Waals surface area contributed by atoms with E-state index < -0.39 is 0 Å². The smallest absolute Gasteiger partial charge is 0.118 e. The topological polar surface area (TPSA) is 21.3 Å². The molecular weight excluding hydrogens is 234 g/mol. The molecule has 0 aliphatic rings. The first kappa shape index (κ1) is 16.0. The van der Waals surface area contributed by atoms with Crippen LogP contribution in [-0.4, -0.2) is 19.2 Å². The maximum absolute atomic E-state index is 5.23. The molecule has 2 nitrogen and oxygen atoms in total. The molecule has 2 unspecified atom stereocenters. The molecule has 0 aliphatic heterocycles. The summed E-state index contributed by atoms with van der Waals surface area (Å²) in [5, 5.41) is 3.63. The number of ether oxygens (including phenoxy) is 1. The lowest BCUT2D eigenvalue weighted by atomic mass is 9.85. The first-order chi connectivity index (χ1) is 8.87. The van der Waals surface area contributed by atoms with E-state index in [9.17, 15) is 0 Å². The van der Waals surface area contributed by atoms with Gasteiger partial charge in [0.1, 0.15) is 5.75 Å². The third-order valence-corrected chi connectivity index (χ3v) is 3.73. The number of hydrogen-bond donors (Lipinski definition) is 1. The van der Waals surface area contributed by atoms with E-state index in [-0.39, 0.29) is 5.54 Å². The van der Waals surface area contributed by atoms with Crippen molar-refractivity contribution in [1.29, 1.82) is 0 Å². The normalized spacial score (nSPS) is 15.1. The van der Waals surface area contributed by atoms with Gasteiger partial charge in [-0.3, -0.25) is 0 Å². The van der Waals surface area contributed by atoms with Crippen LogP contribution in [0, 0.1) is 5.92 Å². The van der Waals surface area contributed by atoms with Crippen molar-refractivity contribution in [3.63, 3.8) is 0 Å². The molecule has 0 radical (unpaired) electrons. The van der Waals surface area contributed by atoms with Crippen LogP contribution < -0.4 is 10.1 Å². The van der Waals surface area contributed by atoms with Gasteiger partial charge >= 0.3 is 0 Å². The standard InChI is InChI=1S/C17H29NO/c1-7-13(2)16(12-18-17(3,4)5)14-8-10-15(19-6)11-9-14/h8-11,13,16,18H,7,12H2,1-6H3. The van der Waals surface area contributed by atoms with Gasteiger partial charge < -0.3 is 10.1 Å². The molecule has 0 fully saturated rings. The quantitative estimate of drug-likeness (QED) is 0.830. The summed E-state index contributed by atoms with van der Waals surface area (Å²) in [5.74, 6) is 2.15. The Morgan fingerprint density at radius 1 is 1.16 bits per heavy atom. The molecule has 0 aromatic heterocycles. The van der Waals surface area contributed by atoms with Gasteiger partial charge in [0, 0.05) is 12.1 Å². The predicted octanol–water partition coefficient (Wildman–Crippen LogP) is 4.21. The number of hydrogen-bond acceptors (Lipinski definition) is 2. The van der Waals surface area contributed by atoms with E-state index in [2.05, 4.69) is 64.2 Å². The van der Waals surface area contributed by atoms with Gasteiger partial charge in [0.25, 0.3) is 0 Å². The maximum atomic E-state index is 5.23. The van der Waals surface area contributed by atoms with Crippen molar-refractivity contribution < 1.29 is 4.74 Å². The lowest BCUT2D eigenvalue weighted by molar-refractivity contribution is 0.355. The van der Waals surface area contributed by atoms with Gasteiger partial charge in [0.05, 0.1) is 7.11 Å². The van der Waals surface area contributed by atoms with Gasteiger partial charge in [-0.05, 0) is 50.3 Å². The molecule has 1 N–H and O–H groups in total. The van der Waals surface area contributed by atoms with Crippen molar-refractivity contribution in [3.05, 3.63) is 29.8 Å².